The fraction of sp³-hybridized carbons (Fsp3) is 0.619. The van der Waals surface area contributed by atoms with Crippen molar-refractivity contribution >= 4 is 22.6 Å². The Kier molecular flexibility index (Phi) is 3.76. The number of nitriles is 1. The minimum atomic E-state index is -0.509. The van der Waals surface area contributed by atoms with Gasteiger partial charge in [-0.2, -0.15) is 5.26 Å². The molecule has 0 spiro atoms. The summed E-state index contributed by atoms with van der Waals surface area (Å²) in [6, 6.07) is 6.12. The van der Waals surface area contributed by atoms with E-state index >= 15 is 0 Å². The van der Waals surface area contributed by atoms with Gasteiger partial charge in [0.2, 0.25) is 0 Å². The first-order valence-corrected chi connectivity index (χ1v) is 10.6. The van der Waals surface area contributed by atoms with Crippen LogP contribution < -0.4 is 0 Å². The number of carbonyl (C=O) groups excluding carboxylic acids is 1. The van der Waals surface area contributed by atoms with Crippen molar-refractivity contribution in [2.75, 3.05) is 0 Å². The van der Waals surface area contributed by atoms with Gasteiger partial charge in [-0.15, -0.1) is 0 Å². The minimum absolute atomic E-state index is 0.178. The maximum absolute atomic E-state index is 13.8. The molecule has 134 valence electrons. The number of ketones is 1. The van der Waals surface area contributed by atoms with E-state index in [4.69, 9.17) is 5.41 Å². The van der Waals surface area contributed by atoms with E-state index in [2.05, 4.69) is 11.1 Å². The third-order valence-electron chi connectivity index (χ3n) is 7.27. The molecule has 4 aliphatic carbocycles. The third kappa shape index (κ3) is 2.38. The van der Waals surface area contributed by atoms with E-state index in [9.17, 15) is 10.1 Å². The predicted molar refractivity (Wildman–Crippen MR) is 101 cm³/mol. The first-order valence-electron chi connectivity index (χ1n) is 9.68. The first kappa shape index (κ1) is 16.5. The van der Waals surface area contributed by atoms with Crippen molar-refractivity contribution in [3.8, 4) is 6.07 Å². The number of carbonyl (C=O) groups is 1. The molecule has 1 N–H and O–H groups in total. The highest BCUT2D eigenvalue weighted by Crippen LogP contribution is 2.62. The second-order valence-electron chi connectivity index (χ2n) is 8.88. The molecule has 0 radical (unpaired) electrons. The van der Waals surface area contributed by atoms with Crippen LogP contribution in [0, 0.1) is 45.8 Å². The van der Waals surface area contributed by atoms with Crippen LogP contribution in [0.25, 0.3) is 0 Å². The fourth-order valence-electron chi connectivity index (χ4n) is 6.64. The average Bonchev–Trinajstić information content (AvgIpc) is 2.97. The molecule has 1 saturated heterocycles. The number of thioether (sulfide) groups is 1. The Labute approximate surface area is 158 Å². The molecule has 1 aromatic rings. The molecule has 5 heteroatoms. The topological polar surface area (TPSA) is 77.6 Å². The molecule has 6 rings (SSSR count). The molecule has 0 aromatic carbocycles. The molecule has 4 bridgehead atoms. The largest absolute Gasteiger partial charge is 0.298 e. The Morgan fingerprint density at radius 1 is 1.15 bits per heavy atom. The molecule has 3 atom stereocenters. The smallest absolute Gasteiger partial charge is 0.153 e. The average molecular weight is 366 g/mol. The van der Waals surface area contributed by atoms with E-state index in [0.717, 1.165) is 42.6 Å². The number of hydrogen-bond acceptors (Lipinski definition) is 5. The zero-order chi connectivity index (χ0) is 17.9. The molecule has 4 nitrogen and oxygen atoms in total. The summed E-state index contributed by atoms with van der Waals surface area (Å²) in [6.07, 6.45) is 10.5. The Morgan fingerprint density at radius 2 is 1.73 bits per heavy atom. The summed E-state index contributed by atoms with van der Waals surface area (Å²) < 4.78 is 0. The summed E-state index contributed by atoms with van der Waals surface area (Å²) >= 11 is 1.35. The summed E-state index contributed by atoms with van der Waals surface area (Å²) in [6.45, 7) is 0. The van der Waals surface area contributed by atoms with Crippen LogP contribution in [0.4, 0.5) is 0 Å². The van der Waals surface area contributed by atoms with Gasteiger partial charge in [-0.25, -0.2) is 0 Å². The maximum atomic E-state index is 13.8. The molecular formula is C21H23N3OS. The van der Waals surface area contributed by atoms with Gasteiger partial charge in [-0.1, -0.05) is 11.8 Å². The SMILES string of the molecule is N#CC1C(=N)S[C@@H](C(=O)C23CC4CC(CC(C4)C2)C3)[C@H]1c1ccncc1. The maximum Gasteiger partial charge on any atom is 0.153 e. The molecule has 0 amide bonds. The van der Waals surface area contributed by atoms with Crippen LogP contribution >= 0.6 is 11.8 Å². The summed E-state index contributed by atoms with van der Waals surface area (Å²) in [7, 11) is 0. The Hall–Kier alpha value is -1.67. The predicted octanol–water partition coefficient (Wildman–Crippen LogP) is 4.18. The van der Waals surface area contributed by atoms with Gasteiger partial charge in [0.1, 0.15) is 5.92 Å². The molecule has 5 aliphatic rings. The lowest BCUT2D eigenvalue weighted by molar-refractivity contribution is -0.143. The molecule has 1 aromatic heterocycles. The Balaban J connectivity index is 1.51. The molecule has 4 saturated carbocycles. The van der Waals surface area contributed by atoms with Crippen molar-refractivity contribution in [1.29, 1.82) is 10.7 Å². The first-order chi connectivity index (χ1) is 12.6. The number of aromatic nitrogens is 1. The number of hydrogen-bond donors (Lipinski definition) is 1. The van der Waals surface area contributed by atoms with Crippen molar-refractivity contribution < 1.29 is 4.79 Å². The van der Waals surface area contributed by atoms with E-state index in [1.165, 1.54) is 31.0 Å². The van der Waals surface area contributed by atoms with Gasteiger partial charge in [-0.3, -0.25) is 15.2 Å². The van der Waals surface area contributed by atoms with E-state index in [1.807, 2.05) is 12.1 Å². The van der Waals surface area contributed by atoms with Crippen molar-refractivity contribution in [3.63, 3.8) is 0 Å². The van der Waals surface area contributed by atoms with Crippen molar-refractivity contribution in [1.82, 2.24) is 4.98 Å². The molecule has 1 unspecified atom stereocenters. The number of pyridine rings is 1. The van der Waals surface area contributed by atoms with Crippen molar-refractivity contribution in [3.05, 3.63) is 30.1 Å². The van der Waals surface area contributed by atoms with E-state index in [-0.39, 0.29) is 16.6 Å². The van der Waals surface area contributed by atoms with Crippen LogP contribution in [0.1, 0.15) is 50.0 Å². The lowest BCUT2D eigenvalue weighted by atomic mass is 9.48. The van der Waals surface area contributed by atoms with Gasteiger partial charge in [-0.05, 0) is 74.0 Å². The molecular weight excluding hydrogens is 342 g/mol. The van der Waals surface area contributed by atoms with Crippen LogP contribution in [-0.2, 0) is 4.79 Å². The van der Waals surface area contributed by atoms with Gasteiger partial charge in [0, 0.05) is 23.7 Å². The van der Waals surface area contributed by atoms with Crippen molar-refractivity contribution in [2.45, 2.75) is 49.7 Å². The highest BCUT2D eigenvalue weighted by Gasteiger charge is 2.58. The van der Waals surface area contributed by atoms with Crippen LogP contribution in [0.2, 0.25) is 0 Å². The Morgan fingerprint density at radius 3 is 2.27 bits per heavy atom. The van der Waals surface area contributed by atoms with Crippen LogP contribution in [0.15, 0.2) is 24.5 Å². The normalized spacial score (nSPS) is 43.4. The molecule has 5 fully saturated rings. The number of rotatable bonds is 3. The second kappa shape index (κ2) is 5.92. The number of Topliss-reactive ketones (excluding diaryl/α,β-unsaturated/α-hetero) is 1. The highest BCUT2D eigenvalue weighted by atomic mass is 32.2. The third-order valence-corrected chi connectivity index (χ3v) is 8.54. The van der Waals surface area contributed by atoms with E-state index in [1.54, 1.807) is 12.4 Å². The van der Waals surface area contributed by atoms with Gasteiger partial charge in [0.15, 0.2) is 5.78 Å². The number of nitrogens with zero attached hydrogens (tertiary/aromatic N) is 2. The molecule has 1 aliphatic heterocycles. The van der Waals surface area contributed by atoms with Gasteiger partial charge in [0.25, 0.3) is 0 Å². The monoisotopic (exact) mass is 365 g/mol. The minimum Gasteiger partial charge on any atom is -0.298 e. The number of nitrogens with one attached hydrogen (secondary N) is 1. The Bertz CT molecular complexity index is 764. The van der Waals surface area contributed by atoms with Gasteiger partial charge in [0.05, 0.1) is 16.4 Å². The lowest BCUT2D eigenvalue weighted by Crippen LogP contribution is -2.52. The summed E-state index contributed by atoms with van der Waals surface area (Å²) in [4.78, 5) is 17.9. The lowest BCUT2D eigenvalue weighted by Gasteiger charge is -2.56. The van der Waals surface area contributed by atoms with Crippen molar-refractivity contribution in [2.24, 2.45) is 29.1 Å². The van der Waals surface area contributed by atoms with Crippen LogP contribution in [0.5, 0.6) is 0 Å². The second-order valence-corrected chi connectivity index (χ2v) is 10.1. The highest BCUT2D eigenvalue weighted by molar-refractivity contribution is 8.15. The fourth-order valence-corrected chi connectivity index (χ4v) is 8.08. The van der Waals surface area contributed by atoms with Gasteiger partial charge >= 0.3 is 0 Å². The molecule has 26 heavy (non-hydrogen) atoms. The zero-order valence-electron chi connectivity index (χ0n) is 14.7. The van der Waals surface area contributed by atoms with E-state index in [0.29, 0.717) is 10.8 Å². The summed E-state index contributed by atoms with van der Waals surface area (Å²) in [5, 5.41) is 18.1. The summed E-state index contributed by atoms with van der Waals surface area (Å²) in [5.41, 5.74) is 0.798. The van der Waals surface area contributed by atoms with E-state index < -0.39 is 5.92 Å². The van der Waals surface area contributed by atoms with Crippen LogP contribution in [-0.4, -0.2) is 21.1 Å². The van der Waals surface area contributed by atoms with Crippen LogP contribution in [0.3, 0.4) is 0 Å². The quantitative estimate of drug-likeness (QED) is 0.871. The standard InChI is InChI=1S/C21H23N3OS/c22-11-16-17(15-1-3-24-4-2-15)18(26-20(16)23)19(25)21-8-12-5-13(9-21)7-14(6-12)10-21/h1-4,12-14,16-18,23H,5-10H2/t12?,13?,14?,16?,17-,18+,21?/m0/s1. The molecule has 2 heterocycles. The zero-order valence-corrected chi connectivity index (χ0v) is 15.5. The van der Waals surface area contributed by atoms with Gasteiger partial charge < -0.3 is 0 Å². The summed E-state index contributed by atoms with van der Waals surface area (Å²) in [5.74, 6) is 1.80.